The van der Waals surface area contributed by atoms with Gasteiger partial charge < -0.3 is 14.2 Å². The Kier molecular flexibility index (Phi) is 4.49. The predicted octanol–water partition coefficient (Wildman–Crippen LogP) is -0.0867. The summed E-state index contributed by atoms with van der Waals surface area (Å²) in [5, 5.41) is 4.16. The SMILES string of the molecule is Cn1cnc(C(=O)N2CCOC[C@]3(CCN(Cc4nccn4C)C3)C2)n1. The molecule has 1 atom stereocenters. The smallest absolute Gasteiger partial charge is 0.293 e. The molecule has 140 valence electrons. The molecule has 0 N–H and O–H groups in total. The van der Waals surface area contributed by atoms with Crippen molar-refractivity contribution in [3.63, 3.8) is 0 Å². The second-order valence-electron chi connectivity index (χ2n) is 7.44. The van der Waals surface area contributed by atoms with Crippen molar-refractivity contribution in [3.05, 3.63) is 30.4 Å². The van der Waals surface area contributed by atoms with Gasteiger partial charge in [0.05, 0.1) is 19.8 Å². The Labute approximate surface area is 152 Å². The van der Waals surface area contributed by atoms with E-state index in [9.17, 15) is 4.79 Å². The van der Waals surface area contributed by atoms with Crippen LogP contribution in [0.1, 0.15) is 22.9 Å². The van der Waals surface area contributed by atoms with Crippen LogP contribution >= 0.6 is 0 Å². The third-order valence-electron chi connectivity index (χ3n) is 5.32. The molecular weight excluding hydrogens is 334 g/mol. The number of amides is 1. The molecule has 0 aromatic carbocycles. The first-order valence-electron chi connectivity index (χ1n) is 8.96. The number of hydrogen-bond donors (Lipinski definition) is 0. The molecule has 4 rings (SSSR count). The number of hydrogen-bond acceptors (Lipinski definition) is 6. The maximum Gasteiger partial charge on any atom is 0.293 e. The van der Waals surface area contributed by atoms with Crippen molar-refractivity contribution in [1.82, 2.24) is 34.1 Å². The number of aromatic nitrogens is 5. The second-order valence-corrected chi connectivity index (χ2v) is 7.44. The fraction of sp³-hybridized carbons (Fsp3) is 0.647. The van der Waals surface area contributed by atoms with Gasteiger partial charge in [0.15, 0.2) is 0 Å². The van der Waals surface area contributed by atoms with Gasteiger partial charge in [0, 0.05) is 51.5 Å². The molecule has 0 radical (unpaired) electrons. The van der Waals surface area contributed by atoms with Crippen LogP contribution in [0.4, 0.5) is 0 Å². The van der Waals surface area contributed by atoms with Gasteiger partial charge in [0.2, 0.25) is 5.82 Å². The quantitative estimate of drug-likeness (QED) is 0.762. The van der Waals surface area contributed by atoms with Crippen LogP contribution in [0.2, 0.25) is 0 Å². The number of carbonyl (C=O) groups excluding carboxylic acids is 1. The summed E-state index contributed by atoms with van der Waals surface area (Å²) in [6, 6.07) is 0. The molecule has 0 saturated carbocycles. The van der Waals surface area contributed by atoms with Crippen molar-refractivity contribution >= 4 is 5.91 Å². The largest absolute Gasteiger partial charge is 0.379 e. The van der Waals surface area contributed by atoms with E-state index >= 15 is 0 Å². The first-order valence-corrected chi connectivity index (χ1v) is 8.96. The molecule has 2 aliphatic heterocycles. The van der Waals surface area contributed by atoms with Crippen LogP contribution in [0.5, 0.6) is 0 Å². The summed E-state index contributed by atoms with van der Waals surface area (Å²) in [4.78, 5) is 25.6. The molecule has 0 bridgehead atoms. The highest BCUT2D eigenvalue weighted by molar-refractivity contribution is 5.90. The lowest BCUT2D eigenvalue weighted by Crippen LogP contribution is -2.43. The van der Waals surface area contributed by atoms with Gasteiger partial charge >= 0.3 is 0 Å². The lowest BCUT2D eigenvalue weighted by atomic mass is 9.87. The molecule has 26 heavy (non-hydrogen) atoms. The number of likely N-dealkylation sites (tertiary alicyclic amines) is 1. The van der Waals surface area contributed by atoms with Crippen LogP contribution < -0.4 is 0 Å². The van der Waals surface area contributed by atoms with Crippen molar-refractivity contribution in [2.24, 2.45) is 19.5 Å². The van der Waals surface area contributed by atoms with Gasteiger partial charge in [-0.05, 0) is 13.0 Å². The zero-order valence-corrected chi connectivity index (χ0v) is 15.3. The third-order valence-corrected chi connectivity index (χ3v) is 5.32. The van der Waals surface area contributed by atoms with E-state index in [4.69, 9.17) is 4.74 Å². The molecule has 2 saturated heterocycles. The molecule has 1 amide bonds. The minimum absolute atomic E-state index is 0.0356. The number of aryl methyl sites for hydroxylation is 2. The van der Waals surface area contributed by atoms with Crippen LogP contribution in [-0.4, -0.2) is 79.4 Å². The average molecular weight is 359 g/mol. The maximum absolute atomic E-state index is 12.8. The minimum Gasteiger partial charge on any atom is -0.379 e. The zero-order chi connectivity index (χ0) is 18.1. The highest BCUT2D eigenvalue weighted by Crippen LogP contribution is 2.34. The van der Waals surface area contributed by atoms with E-state index in [0.29, 0.717) is 26.3 Å². The van der Waals surface area contributed by atoms with Gasteiger partial charge in [-0.25, -0.2) is 9.97 Å². The lowest BCUT2D eigenvalue weighted by molar-refractivity contribution is 0.0635. The predicted molar refractivity (Wildman–Crippen MR) is 93.3 cm³/mol. The van der Waals surface area contributed by atoms with Crippen LogP contribution in [0.25, 0.3) is 0 Å². The number of ether oxygens (including phenoxy) is 1. The normalized spacial score (nSPS) is 24.3. The van der Waals surface area contributed by atoms with Crippen LogP contribution in [-0.2, 0) is 25.4 Å². The highest BCUT2D eigenvalue weighted by Gasteiger charge is 2.42. The third kappa shape index (κ3) is 3.36. The zero-order valence-electron chi connectivity index (χ0n) is 15.3. The second kappa shape index (κ2) is 6.81. The van der Waals surface area contributed by atoms with Crippen LogP contribution in [0.15, 0.2) is 18.7 Å². The Morgan fingerprint density at radius 3 is 2.88 bits per heavy atom. The number of imidazole rings is 1. The Morgan fingerprint density at radius 2 is 2.15 bits per heavy atom. The number of nitrogens with zero attached hydrogens (tertiary/aromatic N) is 7. The van der Waals surface area contributed by atoms with Crippen molar-refractivity contribution in [2.45, 2.75) is 13.0 Å². The first kappa shape index (κ1) is 17.2. The molecule has 1 spiro atoms. The molecule has 9 heteroatoms. The summed E-state index contributed by atoms with van der Waals surface area (Å²) in [6.07, 6.45) is 6.37. The number of rotatable bonds is 3. The van der Waals surface area contributed by atoms with Gasteiger partial charge in [0.25, 0.3) is 5.91 Å². The summed E-state index contributed by atoms with van der Waals surface area (Å²) in [6.45, 7) is 5.21. The van der Waals surface area contributed by atoms with Gasteiger partial charge in [-0.3, -0.25) is 14.4 Å². The van der Waals surface area contributed by atoms with Crippen molar-refractivity contribution in [3.8, 4) is 0 Å². The summed E-state index contributed by atoms with van der Waals surface area (Å²) in [5.41, 5.74) is -0.0356. The molecule has 2 aromatic rings. The molecule has 4 heterocycles. The van der Waals surface area contributed by atoms with E-state index in [0.717, 1.165) is 31.9 Å². The van der Waals surface area contributed by atoms with Gasteiger partial charge in [-0.15, -0.1) is 5.10 Å². The standard InChI is InChI=1S/C17H25N7O2/c1-21-6-4-18-14(21)9-23-5-3-17(10-23)11-24(7-8-26-12-17)16(25)15-19-13-22(2)20-15/h4,6,13H,3,5,7-12H2,1-2H3/t17-/m0/s1. The van der Waals surface area contributed by atoms with E-state index in [2.05, 4.69) is 24.5 Å². The molecule has 0 unspecified atom stereocenters. The van der Waals surface area contributed by atoms with Crippen molar-refractivity contribution < 1.29 is 9.53 Å². The van der Waals surface area contributed by atoms with Crippen LogP contribution in [0, 0.1) is 5.41 Å². The summed E-state index contributed by atoms with van der Waals surface area (Å²) in [5.74, 6) is 1.20. The molecule has 2 fully saturated rings. The van der Waals surface area contributed by atoms with E-state index in [1.54, 1.807) is 18.1 Å². The Morgan fingerprint density at radius 1 is 1.27 bits per heavy atom. The molecule has 9 nitrogen and oxygen atoms in total. The number of carbonyl (C=O) groups is 1. The summed E-state index contributed by atoms with van der Waals surface area (Å²) in [7, 11) is 3.78. The molecular formula is C17H25N7O2. The minimum atomic E-state index is -0.113. The van der Waals surface area contributed by atoms with E-state index in [-0.39, 0.29) is 17.1 Å². The Hall–Kier alpha value is -2.26. The maximum atomic E-state index is 12.8. The average Bonchev–Trinajstić information content (AvgIpc) is 3.28. The lowest BCUT2D eigenvalue weighted by Gasteiger charge is -2.31. The summed E-state index contributed by atoms with van der Waals surface area (Å²) >= 11 is 0. The fourth-order valence-electron chi connectivity index (χ4n) is 3.90. The Balaban J connectivity index is 1.45. The van der Waals surface area contributed by atoms with E-state index in [1.807, 2.05) is 24.3 Å². The monoisotopic (exact) mass is 359 g/mol. The summed E-state index contributed by atoms with van der Waals surface area (Å²) < 4.78 is 9.48. The topological polar surface area (TPSA) is 81.3 Å². The van der Waals surface area contributed by atoms with Gasteiger partial charge in [-0.2, -0.15) is 0 Å². The van der Waals surface area contributed by atoms with Gasteiger partial charge in [-0.1, -0.05) is 0 Å². The highest BCUT2D eigenvalue weighted by atomic mass is 16.5. The van der Waals surface area contributed by atoms with Crippen molar-refractivity contribution in [2.75, 3.05) is 39.4 Å². The van der Waals surface area contributed by atoms with Crippen LogP contribution in [0.3, 0.4) is 0 Å². The molecule has 2 aromatic heterocycles. The van der Waals surface area contributed by atoms with E-state index < -0.39 is 0 Å². The fourth-order valence-corrected chi connectivity index (χ4v) is 3.90. The van der Waals surface area contributed by atoms with E-state index in [1.165, 1.54) is 0 Å². The van der Waals surface area contributed by atoms with Crippen molar-refractivity contribution in [1.29, 1.82) is 0 Å². The molecule has 2 aliphatic rings. The molecule has 0 aliphatic carbocycles. The van der Waals surface area contributed by atoms with Gasteiger partial charge in [0.1, 0.15) is 12.2 Å². The Bertz CT molecular complexity index is 786. The first-order chi connectivity index (χ1) is 12.5.